The van der Waals surface area contributed by atoms with Crippen LogP contribution < -0.4 is 4.74 Å². The van der Waals surface area contributed by atoms with Crippen LogP contribution in [0.3, 0.4) is 0 Å². The van der Waals surface area contributed by atoms with Crippen molar-refractivity contribution in [1.29, 1.82) is 0 Å². The summed E-state index contributed by atoms with van der Waals surface area (Å²) in [7, 11) is 3.82. The summed E-state index contributed by atoms with van der Waals surface area (Å²) in [4.78, 5) is 0. The molecule has 0 N–H and O–H groups in total. The normalized spacial score (nSPS) is 11.4. The van der Waals surface area contributed by atoms with Crippen LogP contribution >= 0.6 is 0 Å². The van der Waals surface area contributed by atoms with E-state index in [2.05, 4.69) is 65.5 Å². The molecular formula is C19H18N2O. The lowest BCUT2D eigenvalue weighted by molar-refractivity contribution is 0.415. The molecule has 110 valence electrons. The quantitative estimate of drug-likeness (QED) is 0.535. The van der Waals surface area contributed by atoms with Gasteiger partial charge in [0.15, 0.2) is 0 Å². The van der Waals surface area contributed by atoms with E-state index in [1.165, 1.54) is 33.4 Å². The lowest BCUT2D eigenvalue weighted by Crippen LogP contribution is -1.89. The van der Waals surface area contributed by atoms with E-state index in [0.29, 0.717) is 0 Å². The minimum atomic E-state index is 0.885. The molecule has 0 amide bonds. The number of ether oxygens (including phenoxy) is 1. The highest BCUT2D eigenvalue weighted by Gasteiger charge is 2.15. The molecule has 2 aromatic carbocycles. The Labute approximate surface area is 129 Å². The topological polar surface area (TPSA) is 18.6 Å². The predicted molar refractivity (Wildman–Crippen MR) is 90.6 cm³/mol. The molecule has 0 unspecified atom stereocenters. The van der Waals surface area contributed by atoms with E-state index in [0.717, 1.165) is 5.75 Å². The zero-order valence-electron chi connectivity index (χ0n) is 13.0. The summed E-state index contributed by atoms with van der Waals surface area (Å²) in [6.45, 7) is 2.19. The summed E-state index contributed by atoms with van der Waals surface area (Å²) in [5.41, 5.74) is 7.51. The van der Waals surface area contributed by atoms with Gasteiger partial charge in [0, 0.05) is 18.8 Å². The maximum Gasteiger partial charge on any atom is 0.121 e. The van der Waals surface area contributed by atoms with Crippen LogP contribution in [0.25, 0.3) is 27.8 Å². The number of hydrogen-bond donors (Lipinski definition) is 0. The number of aromatic nitrogens is 2. The van der Waals surface area contributed by atoms with Crippen LogP contribution in [0.5, 0.6) is 5.75 Å². The van der Waals surface area contributed by atoms with Gasteiger partial charge in [-0.15, -0.1) is 0 Å². The average Bonchev–Trinajstić information content (AvgIpc) is 3.05. The molecule has 0 aliphatic carbocycles. The molecule has 0 atom stereocenters. The van der Waals surface area contributed by atoms with Crippen molar-refractivity contribution in [2.45, 2.75) is 6.92 Å². The maximum absolute atomic E-state index is 5.25. The van der Waals surface area contributed by atoms with Crippen molar-refractivity contribution >= 4 is 16.7 Å². The number of benzene rings is 2. The van der Waals surface area contributed by atoms with Crippen molar-refractivity contribution in [2.75, 3.05) is 7.11 Å². The molecule has 0 bridgehead atoms. The number of aryl methyl sites for hydroxylation is 2. The van der Waals surface area contributed by atoms with Crippen molar-refractivity contribution in [3.63, 3.8) is 0 Å². The molecule has 0 fully saturated rings. The SMILES string of the molecule is COc1ccc(-c2cn3c4ccccc4n(C)c3c2C)cc1. The zero-order valence-corrected chi connectivity index (χ0v) is 13.0. The van der Waals surface area contributed by atoms with Crippen LogP contribution in [0.2, 0.25) is 0 Å². The Kier molecular flexibility index (Phi) is 2.76. The van der Waals surface area contributed by atoms with E-state index in [9.17, 15) is 0 Å². The Balaban J connectivity index is 1.99. The summed E-state index contributed by atoms with van der Waals surface area (Å²) in [5.74, 6) is 0.885. The Bertz CT molecular complexity index is 974. The smallest absolute Gasteiger partial charge is 0.121 e. The molecular weight excluding hydrogens is 272 g/mol. The van der Waals surface area contributed by atoms with E-state index >= 15 is 0 Å². The first-order valence-electron chi connectivity index (χ1n) is 7.40. The first kappa shape index (κ1) is 13.0. The molecule has 22 heavy (non-hydrogen) atoms. The second-order valence-corrected chi connectivity index (χ2v) is 5.64. The van der Waals surface area contributed by atoms with Gasteiger partial charge in [0.1, 0.15) is 11.4 Å². The standard InChI is InChI=1S/C19H18N2O/c1-13-16(14-8-10-15(22-3)11-9-14)12-21-18-7-5-4-6-17(18)20(2)19(13)21/h4-12H,1-3H3. The van der Waals surface area contributed by atoms with Gasteiger partial charge in [0.25, 0.3) is 0 Å². The lowest BCUT2D eigenvalue weighted by Gasteiger charge is -2.04. The zero-order chi connectivity index (χ0) is 15.3. The molecule has 2 heterocycles. The molecule has 0 spiro atoms. The number of hydrogen-bond acceptors (Lipinski definition) is 1. The third kappa shape index (κ3) is 1.69. The van der Waals surface area contributed by atoms with Gasteiger partial charge in [-0.1, -0.05) is 24.3 Å². The summed E-state index contributed by atoms with van der Waals surface area (Å²) in [5, 5.41) is 0. The molecule has 0 aliphatic heterocycles. The molecule has 3 heteroatoms. The third-order valence-corrected chi connectivity index (χ3v) is 4.45. The first-order valence-corrected chi connectivity index (χ1v) is 7.40. The molecule has 0 saturated carbocycles. The minimum Gasteiger partial charge on any atom is -0.497 e. The van der Waals surface area contributed by atoms with Gasteiger partial charge in [-0.3, -0.25) is 0 Å². The molecule has 4 aromatic rings. The van der Waals surface area contributed by atoms with E-state index in [4.69, 9.17) is 4.74 Å². The second-order valence-electron chi connectivity index (χ2n) is 5.64. The van der Waals surface area contributed by atoms with E-state index < -0.39 is 0 Å². The van der Waals surface area contributed by atoms with Crippen molar-refractivity contribution in [3.05, 3.63) is 60.3 Å². The van der Waals surface area contributed by atoms with Crippen molar-refractivity contribution in [2.24, 2.45) is 7.05 Å². The van der Waals surface area contributed by atoms with Gasteiger partial charge in [-0.2, -0.15) is 0 Å². The number of para-hydroxylation sites is 2. The van der Waals surface area contributed by atoms with Gasteiger partial charge in [0.2, 0.25) is 0 Å². The molecule has 4 rings (SSSR count). The highest BCUT2D eigenvalue weighted by molar-refractivity contribution is 5.87. The Hall–Kier alpha value is -2.68. The molecule has 0 saturated heterocycles. The van der Waals surface area contributed by atoms with Gasteiger partial charge in [-0.25, -0.2) is 0 Å². The van der Waals surface area contributed by atoms with Gasteiger partial charge in [0.05, 0.1) is 18.1 Å². The fraction of sp³-hybridized carbons (Fsp3) is 0.158. The molecule has 3 nitrogen and oxygen atoms in total. The minimum absolute atomic E-state index is 0.885. The maximum atomic E-state index is 5.25. The lowest BCUT2D eigenvalue weighted by atomic mass is 10.1. The van der Waals surface area contributed by atoms with Crippen LogP contribution in [-0.4, -0.2) is 16.1 Å². The number of methoxy groups -OCH3 is 1. The fourth-order valence-electron chi connectivity index (χ4n) is 3.31. The Morgan fingerprint density at radius 3 is 2.27 bits per heavy atom. The van der Waals surface area contributed by atoms with Crippen LogP contribution in [-0.2, 0) is 7.05 Å². The number of nitrogens with zero attached hydrogens (tertiary/aromatic N) is 2. The van der Waals surface area contributed by atoms with Crippen LogP contribution in [0, 0.1) is 6.92 Å². The van der Waals surface area contributed by atoms with Gasteiger partial charge < -0.3 is 13.7 Å². The third-order valence-electron chi connectivity index (χ3n) is 4.45. The number of rotatable bonds is 2. The fourth-order valence-corrected chi connectivity index (χ4v) is 3.31. The van der Waals surface area contributed by atoms with Crippen LogP contribution in [0.15, 0.2) is 54.7 Å². The number of imidazole rings is 1. The van der Waals surface area contributed by atoms with Gasteiger partial charge >= 0.3 is 0 Å². The van der Waals surface area contributed by atoms with Crippen molar-refractivity contribution in [3.8, 4) is 16.9 Å². The van der Waals surface area contributed by atoms with Gasteiger partial charge in [-0.05, 0) is 42.3 Å². The first-order chi connectivity index (χ1) is 10.7. The summed E-state index contributed by atoms with van der Waals surface area (Å²) >= 11 is 0. The Morgan fingerprint density at radius 1 is 0.909 bits per heavy atom. The van der Waals surface area contributed by atoms with Crippen molar-refractivity contribution < 1.29 is 4.74 Å². The number of fused-ring (bicyclic) bond motifs is 3. The molecule has 0 aliphatic rings. The van der Waals surface area contributed by atoms with Crippen LogP contribution in [0.4, 0.5) is 0 Å². The van der Waals surface area contributed by atoms with E-state index in [-0.39, 0.29) is 0 Å². The highest BCUT2D eigenvalue weighted by Crippen LogP contribution is 2.32. The molecule has 2 aromatic heterocycles. The second kappa shape index (κ2) is 4.67. The summed E-state index contributed by atoms with van der Waals surface area (Å²) in [6, 6.07) is 16.7. The van der Waals surface area contributed by atoms with E-state index in [1.807, 2.05) is 12.1 Å². The monoisotopic (exact) mass is 290 g/mol. The summed E-state index contributed by atoms with van der Waals surface area (Å²) in [6.07, 6.45) is 2.23. The molecule has 0 radical (unpaired) electrons. The Morgan fingerprint density at radius 2 is 1.59 bits per heavy atom. The van der Waals surface area contributed by atoms with Crippen LogP contribution in [0.1, 0.15) is 5.56 Å². The van der Waals surface area contributed by atoms with E-state index in [1.54, 1.807) is 7.11 Å². The summed E-state index contributed by atoms with van der Waals surface area (Å²) < 4.78 is 9.79. The van der Waals surface area contributed by atoms with Crippen molar-refractivity contribution in [1.82, 2.24) is 8.97 Å². The predicted octanol–water partition coefficient (Wildman–Crippen LogP) is 4.42. The highest BCUT2D eigenvalue weighted by atomic mass is 16.5. The average molecular weight is 290 g/mol. The largest absolute Gasteiger partial charge is 0.497 e.